The van der Waals surface area contributed by atoms with Gasteiger partial charge in [0.25, 0.3) is 0 Å². The maximum absolute atomic E-state index is 12.1. The average molecular weight is 326 g/mol. The Balaban J connectivity index is 2.15. The number of benzene rings is 1. The molecule has 0 aromatic heterocycles. The smallest absolute Gasteiger partial charge is 0.239 e. The van der Waals surface area contributed by atoms with Crippen molar-refractivity contribution in [3.8, 4) is 0 Å². The van der Waals surface area contributed by atoms with Crippen molar-refractivity contribution in [2.45, 2.75) is 25.4 Å². The van der Waals surface area contributed by atoms with Gasteiger partial charge in [-0.25, -0.2) is 0 Å². The summed E-state index contributed by atoms with van der Waals surface area (Å²) in [7, 11) is 0. The van der Waals surface area contributed by atoms with Crippen LogP contribution in [-0.4, -0.2) is 49.2 Å². The Morgan fingerprint density at radius 1 is 1.41 bits per heavy atom. The number of morpholine rings is 1. The molecule has 3 N–H and O–H groups in total. The molecule has 1 unspecified atom stereocenters. The molecule has 1 fully saturated rings. The molecule has 1 heterocycles. The highest BCUT2D eigenvalue weighted by Crippen LogP contribution is 2.27. The van der Waals surface area contributed by atoms with Crippen molar-refractivity contribution in [2.24, 2.45) is 5.73 Å². The van der Waals surface area contributed by atoms with Crippen LogP contribution in [0, 0.1) is 0 Å². The third-order valence-electron chi connectivity index (χ3n) is 3.79. The molecule has 0 bridgehead atoms. The number of halogens is 1. The van der Waals surface area contributed by atoms with E-state index in [1.165, 1.54) is 0 Å². The van der Waals surface area contributed by atoms with Gasteiger partial charge >= 0.3 is 0 Å². The van der Waals surface area contributed by atoms with Crippen LogP contribution in [0.5, 0.6) is 0 Å². The molecule has 22 heavy (non-hydrogen) atoms. The fourth-order valence-electron chi connectivity index (χ4n) is 2.49. The number of hydrogen-bond donors (Lipinski definition) is 2. The summed E-state index contributed by atoms with van der Waals surface area (Å²) < 4.78 is 5.41. The van der Waals surface area contributed by atoms with Gasteiger partial charge in [-0.2, -0.15) is 0 Å². The fourth-order valence-corrected chi connectivity index (χ4v) is 2.75. The van der Waals surface area contributed by atoms with Crippen LogP contribution in [0.3, 0.4) is 0 Å². The van der Waals surface area contributed by atoms with E-state index in [0.717, 1.165) is 18.7 Å². The molecule has 1 aromatic rings. The number of rotatable bonds is 5. The molecule has 0 radical (unpaired) electrons. The summed E-state index contributed by atoms with van der Waals surface area (Å²) >= 11 is 6.35. The first kappa shape index (κ1) is 17.2. The van der Waals surface area contributed by atoms with Gasteiger partial charge in [-0.05, 0) is 25.5 Å². The summed E-state index contributed by atoms with van der Waals surface area (Å²) in [6.07, 6.45) is 0. The molecule has 5 nitrogen and oxygen atoms in total. The van der Waals surface area contributed by atoms with Gasteiger partial charge in [-0.3, -0.25) is 9.69 Å². The second-order valence-electron chi connectivity index (χ2n) is 6.12. The van der Waals surface area contributed by atoms with Crippen LogP contribution < -0.4 is 11.1 Å². The Bertz CT molecular complexity index is 510. The Labute approximate surface area is 136 Å². The standard InChI is InChI=1S/C16H24ClN3O2/c1-16(2,18)15(21)19-11-14(20-7-9-22-10-8-20)12-5-3-4-6-13(12)17/h3-6,14H,7-11,18H2,1-2H3,(H,19,21). The average Bonchev–Trinajstić information content (AvgIpc) is 2.49. The van der Waals surface area contributed by atoms with Crippen LogP contribution in [0.25, 0.3) is 0 Å². The highest BCUT2D eigenvalue weighted by molar-refractivity contribution is 6.31. The lowest BCUT2D eigenvalue weighted by Gasteiger charge is -2.35. The fraction of sp³-hybridized carbons (Fsp3) is 0.562. The second kappa shape index (κ2) is 7.42. The molecule has 0 aliphatic carbocycles. The van der Waals surface area contributed by atoms with Crippen molar-refractivity contribution in [1.82, 2.24) is 10.2 Å². The van der Waals surface area contributed by atoms with Gasteiger partial charge in [0.2, 0.25) is 5.91 Å². The molecule has 6 heteroatoms. The number of carbonyl (C=O) groups excluding carboxylic acids is 1. The molecular weight excluding hydrogens is 302 g/mol. The minimum Gasteiger partial charge on any atom is -0.379 e. The number of hydrogen-bond acceptors (Lipinski definition) is 4. The van der Waals surface area contributed by atoms with Crippen molar-refractivity contribution in [1.29, 1.82) is 0 Å². The van der Waals surface area contributed by atoms with E-state index in [-0.39, 0.29) is 11.9 Å². The zero-order valence-corrected chi connectivity index (χ0v) is 13.9. The number of nitrogens with two attached hydrogens (primary N) is 1. The Morgan fingerprint density at radius 2 is 2.05 bits per heavy atom. The zero-order chi connectivity index (χ0) is 16.2. The van der Waals surface area contributed by atoms with Crippen molar-refractivity contribution in [3.05, 3.63) is 34.9 Å². The van der Waals surface area contributed by atoms with E-state index >= 15 is 0 Å². The Kier molecular flexibility index (Phi) is 5.81. The summed E-state index contributed by atoms with van der Waals surface area (Å²) in [5, 5.41) is 3.65. The lowest BCUT2D eigenvalue weighted by molar-refractivity contribution is -0.125. The third-order valence-corrected chi connectivity index (χ3v) is 4.14. The number of carbonyl (C=O) groups is 1. The molecule has 1 amide bonds. The Morgan fingerprint density at radius 3 is 2.64 bits per heavy atom. The number of amides is 1. The van der Waals surface area contributed by atoms with E-state index in [9.17, 15) is 4.79 Å². The van der Waals surface area contributed by atoms with Crippen molar-refractivity contribution in [2.75, 3.05) is 32.8 Å². The molecule has 0 saturated carbocycles. The van der Waals surface area contributed by atoms with E-state index in [0.29, 0.717) is 24.8 Å². The third kappa shape index (κ3) is 4.43. The van der Waals surface area contributed by atoms with Crippen LogP contribution in [0.1, 0.15) is 25.5 Å². The molecule has 1 aliphatic rings. The number of nitrogens with one attached hydrogen (secondary N) is 1. The Hall–Kier alpha value is -1.14. The topological polar surface area (TPSA) is 67.6 Å². The molecule has 2 rings (SSSR count). The highest BCUT2D eigenvalue weighted by Gasteiger charge is 2.27. The van der Waals surface area contributed by atoms with E-state index in [1.807, 2.05) is 24.3 Å². The minimum atomic E-state index is -0.893. The summed E-state index contributed by atoms with van der Waals surface area (Å²) in [6, 6.07) is 7.76. The molecule has 1 saturated heterocycles. The van der Waals surface area contributed by atoms with Crippen LogP contribution in [0.2, 0.25) is 5.02 Å². The lowest BCUT2D eigenvalue weighted by atomic mass is 10.0. The highest BCUT2D eigenvalue weighted by atomic mass is 35.5. The van der Waals surface area contributed by atoms with Gasteiger partial charge < -0.3 is 15.8 Å². The van der Waals surface area contributed by atoms with Crippen molar-refractivity contribution in [3.63, 3.8) is 0 Å². The molecular formula is C16H24ClN3O2. The molecule has 122 valence electrons. The molecule has 1 aromatic carbocycles. The molecule has 0 spiro atoms. The van der Waals surface area contributed by atoms with Crippen LogP contribution in [0.4, 0.5) is 0 Å². The predicted molar refractivity (Wildman–Crippen MR) is 87.9 cm³/mol. The maximum atomic E-state index is 12.1. The lowest BCUT2D eigenvalue weighted by Crippen LogP contribution is -2.51. The summed E-state index contributed by atoms with van der Waals surface area (Å²) in [4.78, 5) is 14.3. The predicted octanol–water partition coefficient (Wildman–Crippen LogP) is 1.57. The van der Waals surface area contributed by atoms with E-state index in [4.69, 9.17) is 22.1 Å². The quantitative estimate of drug-likeness (QED) is 0.862. The monoisotopic (exact) mass is 325 g/mol. The summed E-state index contributed by atoms with van der Waals surface area (Å²) in [5.74, 6) is -0.169. The van der Waals surface area contributed by atoms with Gasteiger partial charge in [0.05, 0.1) is 24.8 Å². The van der Waals surface area contributed by atoms with Gasteiger partial charge in [0.15, 0.2) is 0 Å². The van der Waals surface area contributed by atoms with Gasteiger partial charge in [0, 0.05) is 24.7 Å². The van der Waals surface area contributed by atoms with Crippen molar-refractivity contribution >= 4 is 17.5 Å². The largest absolute Gasteiger partial charge is 0.379 e. The van der Waals surface area contributed by atoms with E-state index in [1.54, 1.807) is 13.8 Å². The normalized spacial score (nSPS) is 18.0. The second-order valence-corrected chi connectivity index (χ2v) is 6.52. The first-order valence-corrected chi connectivity index (χ1v) is 7.91. The first-order chi connectivity index (χ1) is 10.4. The summed E-state index contributed by atoms with van der Waals surface area (Å²) in [5.41, 5.74) is 5.96. The van der Waals surface area contributed by atoms with Gasteiger partial charge in [-0.1, -0.05) is 29.8 Å². The minimum absolute atomic E-state index is 0.0175. The number of ether oxygens (including phenoxy) is 1. The van der Waals surface area contributed by atoms with Crippen LogP contribution in [0.15, 0.2) is 24.3 Å². The van der Waals surface area contributed by atoms with E-state index < -0.39 is 5.54 Å². The summed E-state index contributed by atoms with van der Waals surface area (Å²) in [6.45, 7) is 6.89. The van der Waals surface area contributed by atoms with Crippen molar-refractivity contribution < 1.29 is 9.53 Å². The maximum Gasteiger partial charge on any atom is 0.239 e. The van der Waals surface area contributed by atoms with Crippen LogP contribution in [-0.2, 0) is 9.53 Å². The molecule has 1 atom stereocenters. The SMILES string of the molecule is CC(C)(N)C(=O)NCC(c1ccccc1Cl)N1CCOCC1. The molecule has 1 aliphatic heterocycles. The first-order valence-electron chi connectivity index (χ1n) is 7.53. The number of nitrogens with zero attached hydrogens (tertiary/aromatic N) is 1. The van der Waals surface area contributed by atoms with E-state index in [2.05, 4.69) is 10.2 Å². The van der Waals surface area contributed by atoms with Gasteiger partial charge in [0.1, 0.15) is 0 Å². The zero-order valence-electron chi connectivity index (χ0n) is 13.1. The van der Waals surface area contributed by atoms with Gasteiger partial charge in [-0.15, -0.1) is 0 Å². The van der Waals surface area contributed by atoms with Crippen LogP contribution >= 0.6 is 11.6 Å².